The van der Waals surface area contributed by atoms with Gasteiger partial charge in [0.05, 0.1) is 19.8 Å². The van der Waals surface area contributed by atoms with Gasteiger partial charge < -0.3 is 18.9 Å². The van der Waals surface area contributed by atoms with Crippen LogP contribution in [-0.4, -0.2) is 50.4 Å². The third-order valence-corrected chi connectivity index (χ3v) is 3.58. The highest BCUT2D eigenvalue weighted by Crippen LogP contribution is 2.26. The Kier molecular flexibility index (Phi) is 10.3. The maximum absolute atomic E-state index is 11.6. The van der Waals surface area contributed by atoms with Gasteiger partial charge in [0.1, 0.15) is 12.7 Å². The Bertz CT molecular complexity index is 561. The summed E-state index contributed by atoms with van der Waals surface area (Å²) in [4.78, 5) is 34.1. The molecule has 0 fully saturated rings. The van der Waals surface area contributed by atoms with Crippen molar-refractivity contribution in [1.29, 1.82) is 0 Å². The number of esters is 3. The molecule has 0 aliphatic rings. The van der Waals surface area contributed by atoms with Crippen molar-refractivity contribution >= 4 is 17.9 Å². The zero-order valence-corrected chi connectivity index (χ0v) is 16.6. The molecule has 0 saturated heterocycles. The van der Waals surface area contributed by atoms with E-state index in [0.29, 0.717) is 6.61 Å². The molecule has 152 valence electrons. The lowest BCUT2D eigenvalue weighted by Crippen LogP contribution is -2.42. The largest absolute Gasteiger partial charge is 0.462 e. The van der Waals surface area contributed by atoms with E-state index in [-0.39, 0.29) is 19.8 Å². The zero-order valence-electron chi connectivity index (χ0n) is 16.6. The summed E-state index contributed by atoms with van der Waals surface area (Å²) in [6, 6.07) is 0. The van der Waals surface area contributed by atoms with Crippen LogP contribution in [0.1, 0.15) is 27.7 Å². The average Bonchev–Trinajstić information content (AvgIpc) is 2.61. The monoisotopic (exact) mass is 382 g/mol. The van der Waals surface area contributed by atoms with Crippen LogP contribution >= 0.6 is 0 Å². The Labute approximate surface area is 161 Å². The van der Waals surface area contributed by atoms with Crippen LogP contribution in [-0.2, 0) is 33.3 Å². The van der Waals surface area contributed by atoms with Gasteiger partial charge in [0, 0.05) is 29.1 Å². The molecular formula is C20H30O7. The fraction of sp³-hybridized carbons (Fsp3) is 0.550. The van der Waals surface area contributed by atoms with Crippen LogP contribution < -0.4 is 0 Å². The van der Waals surface area contributed by atoms with Crippen LogP contribution in [0.15, 0.2) is 38.0 Å². The van der Waals surface area contributed by atoms with E-state index >= 15 is 0 Å². The number of rotatable bonds is 13. The third-order valence-electron chi connectivity index (χ3n) is 3.58. The molecule has 0 aromatic carbocycles. The number of carbonyl (C=O) groups excluding carboxylic acids is 3. The molecule has 27 heavy (non-hydrogen) atoms. The van der Waals surface area contributed by atoms with E-state index < -0.39 is 34.8 Å². The third kappa shape index (κ3) is 10.4. The number of hydrogen-bond donors (Lipinski definition) is 0. The van der Waals surface area contributed by atoms with Crippen molar-refractivity contribution in [3.63, 3.8) is 0 Å². The van der Waals surface area contributed by atoms with Crippen molar-refractivity contribution in [2.24, 2.45) is 10.8 Å². The van der Waals surface area contributed by atoms with Crippen LogP contribution in [0.5, 0.6) is 0 Å². The fourth-order valence-corrected chi connectivity index (χ4v) is 1.87. The Balaban J connectivity index is 4.80. The second-order valence-electron chi connectivity index (χ2n) is 7.42. The summed E-state index contributed by atoms with van der Waals surface area (Å²) in [6.07, 6.45) is 2.43. The first kappa shape index (κ1) is 24.6. The van der Waals surface area contributed by atoms with Gasteiger partial charge >= 0.3 is 17.9 Å². The van der Waals surface area contributed by atoms with Crippen molar-refractivity contribution in [3.05, 3.63) is 38.0 Å². The smallest absolute Gasteiger partial charge is 0.330 e. The van der Waals surface area contributed by atoms with Crippen LogP contribution in [0.4, 0.5) is 0 Å². The lowest BCUT2D eigenvalue weighted by Gasteiger charge is -2.34. The molecular weight excluding hydrogens is 352 g/mol. The van der Waals surface area contributed by atoms with E-state index in [1.165, 1.54) is 0 Å². The summed E-state index contributed by atoms with van der Waals surface area (Å²) >= 11 is 0. The van der Waals surface area contributed by atoms with Crippen molar-refractivity contribution in [3.8, 4) is 0 Å². The zero-order chi connectivity index (χ0) is 21.1. The van der Waals surface area contributed by atoms with Crippen molar-refractivity contribution < 1.29 is 33.3 Å². The standard InChI is InChI=1S/C20H30O7/c1-8-16(21)25-11-15(27-18(23)10-3)20(6,7)14-24-12-19(4,5)13-26-17(22)9-2/h8-10,15H,1-3,11-14H2,4-7H3. The molecule has 7 nitrogen and oxygen atoms in total. The summed E-state index contributed by atoms with van der Waals surface area (Å²) in [5.74, 6) is -1.74. The summed E-state index contributed by atoms with van der Waals surface area (Å²) < 4.78 is 21.1. The van der Waals surface area contributed by atoms with Gasteiger partial charge in [-0.1, -0.05) is 47.4 Å². The number of carbonyl (C=O) groups is 3. The number of hydrogen-bond acceptors (Lipinski definition) is 7. The second-order valence-corrected chi connectivity index (χ2v) is 7.42. The topological polar surface area (TPSA) is 88.1 Å². The predicted octanol–water partition coefficient (Wildman–Crippen LogP) is 2.61. The summed E-state index contributed by atoms with van der Waals surface area (Å²) in [5, 5.41) is 0. The van der Waals surface area contributed by atoms with Gasteiger partial charge in [0.2, 0.25) is 0 Å². The lowest BCUT2D eigenvalue weighted by molar-refractivity contribution is -0.164. The average molecular weight is 382 g/mol. The van der Waals surface area contributed by atoms with Crippen molar-refractivity contribution in [2.45, 2.75) is 33.8 Å². The molecule has 0 N–H and O–H groups in total. The lowest BCUT2D eigenvalue weighted by atomic mass is 9.87. The second kappa shape index (κ2) is 11.3. The SMILES string of the molecule is C=CC(=O)OCC(OC(=O)C=C)C(C)(C)COCC(C)(C)COC(=O)C=C. The highest BCUT2D eigenvalue weighted by atomic mass is 16.6. The maximum atomic E-state index is 11.6. The van der Waals surface area contributed by atoms with Gasteiger partial charge in [-0.25, -0.2) is 14.4 Å². The Morgan fingerprint density at radius 1 is 0.815 bits per heavy atom. The van der Waals surface area contributed by atoms with Gasteiger partial charge in [-0.05, 0) is 0 Å². The molecule has 7 heteroatoms. The minimum atomic E-state index is -0.742. The maximum Gasteiger partial charge on any atom is 0.330 e. The van der Waals surface area contributed by atoms with E-state index in [0.717, 1.165) is 18.2 Å². The Hall–Kier alpha value is -2.41. The molecule has 0 bridgehead atoms. The van der Waals surface area contributed by atoms with Crippen LogP contribution in [0.3, 0.4) is 0 Å². The van der Waals surface area contributed by atoms with Crippen LogP contribution in [0.25, 0.3) is 0 Å². The summed E-state index contributed by atoms with van der Waals surface area (Å²) in [6.45, 7) is 18.0. The highest BCUT2D eigenvalue weighted by molar-refractivity contribution is 5.82. The molecule has 0 radical (unpaired) electrons. The summed E-state index contributed by atoms with van der Waals surface area (Å²) in [7, 11) is 0. The molecule has 0 rings (SSSR count). The first-order valence-corrected chi connectivity index (χ1v) is 8.46. The van der Waals surface area contributed by atoms with Gasteiger partial charge in [-0.2, -0.15) is 0 Å². The van der Waals surface area contributed by atoms with Gasteiger partial charge in [0.25, 0.3) is 0 Å². The van der Waals surface area contributed by atoms with Gasteiger partial charge in [0.15, 0.2) is 0 Å². The molecule has 0 amide bonds. The van der Waals surface area contributed by atoms with E-state index in [1.807, 2.05) is 27.7 Å². The Morgan fingerprint density at radius 2 is 1.33 bits per heavy atom. The van der Waals surface area contributed by atoms with E-state index in [4.69, 9.17) is 18.9 Å². The van der Waals surface area contributed by atoms with Crippen molar-refractivity contribution in [1.82, 2.24) is 0 Å². The van der Waals surface area contributed by atoms with E-state index in [9.17, 15) is 14.4 Å². The quantitative estimate of drug-likeness (QED) is 0.275. The minimum Gasteiger partial charge on any atom is -0.462 e. The molecule has 0 spiro atoms. The van der Waals surface area contributed by atoms with Crippen LogP contribution in [0, 0.1) is 10.8 Å². The molecule has 0 aromatic heterocycles. The molecule has 0 aromatic rings. The fourth-order valence-electron chi connectivity index (χ4n) is 1.87. The minimum absolute atomic E-state index is 0.138. The Morgan fingerprint density at radius 3 is 1.85 bits per heavy atom. The number of ether oxygens (including phenoxy) is 4. The van der Waals surface area contributed by atoms with Gasteiger partial charge in [-0.3, -0.25) is 0 Å². The van der Waals surface area contributed by atoms with E-state index in [2.05, 4.69) is 19.7 Å². The first-order chi connectivity index (χ1) is 12.5. The molecule has 1 atom stereocenters. The molecule has 1 unspecified atom stereocenters. The predicted molar refractivity (Wildman–Crippen MR) is 101 cm³/mol. The van der Waals surface area contributed by atoms with Crippen molar-refractivity contribution in [2.75, 3.05) is 26.4 Å². The van der Waals surface area contributed by atoms with Crippen LogP contribution in [0.2, 0.25) is 0 Å². The normalized spacial score (nSPS) is 12.4. The molecule has 0 saturated carbocycles. The van der Waals surface area contributed by atoms with E-state index in [1.54, 1.807) is 0 Å². The molecule has 0 aliphatic carbocycles. The summed E-state index contributed by atoms with van der Waals surface area (Å²) in [5.41, 5.74) is -1.08. The molecule has 0 heterocycles. The van der Waals surface area contributed by atoms with Gasteiger partial charge in [-0.15, -0.1) is 0 Å². The highest BCUT2D eigenvalue weighted by Gasteiger charge is 2.35. The first-order valence-electron chi connectivity index (χ1n) is 8.46. The molecule has 0 aliphatic heterocycles.